The Morgan fingerprint density at radius 3 is 2.76 bits per heavy atom. The summed E-state index contributed by atoms with van der Waals surface area (Å²) in [6.45, 7) is 4.57. The van der Waals surface area contributed by atoms with Gasteiger partial charge in [0, 0.05) is 26.4 Å². The third-order valence-corrected chi connectivity index (χ3v) is 3.77. The van der Waals surface area contributed by atoms with E-state index < -0.39 is 5.97 Å². The van der Waals surface area contributed by atoms with Crippen molar-refractivity contribution in [3.63, 3.8) is 0 Å². The minimum Gasteiger partial charge on any atom is -0.461 e. The maximum Gasteiger partial charge on any atom is 0.360 e. The van der Waals surface area contributed by atoms with Crippen molar-refractivity contribution < 1.29 is 14.3 Å². The molecule has 1 saturated heterocycles. The van der Waals surface area contributed by atoms with Crippen molar-refractivity contribution in [2.45, 2.75) is 39.2 Å². The molecule has 2 heterocycles. The predicted molar refractivity (Wildman–Crippen MR) is 77.9 cm³/mol. The first-order valence-corrected chi connectivity index (χ1v) is 7.27. The Balaban J connectivity index is 2.34. The molecule has 1 aliphatic heterocycles. The van der Waals surface area contributed by atoms with Crippen LogP contribution in [0.5, 0.6) is 0 Å². The highest BCUT2D eigenvalue weighted by atomic mass is 16.5. The summed E-state index contributed by atoms with van der Waals surface area (Å²) < 4.78 is 6.87. The molecule has 21 heavy (non-hydrogen) atoms. The Morgan fingerprint density at radius 2 is 2.19 bits per heavy atom. The predicted octanol–water partition coefficient (Wildman–Crippen LogP) is 0.998. The number of nitrogens with zero attached hydrogens (tertiary/aromatic N) is 3. The van der Waals surface area contributed by atoms with E-state index in [9.17, 15) is 9.59 Å². The molecule has 2 N–H and O–H groups in total. The molecule has 0 spiro atoms. The smallest absolute Gasteiger partial charge is 0.360 e. The summed E-state index contributed by atoms with van der Waals surface area (Å²) in [7, 11) is 1.78. The second kappa shape index (κ2) is 6.15. The summed E-state index contributed by atoms with van der Waals surface area (Å²) in [4.78, 5) is 29.5. The normalized spacial score (nSPS) is 18.9. The van der Waals surface area contributed by atoms with E-state index in [-0.39, 0.29) is 24.2 Å². The van der Waals surface area contributed by atoms with Crippen molar-refractivity contribution in [3.8, 4) is 0 Å². The zero-order valence-corrected chi connectivity index (χ0v) is 12.8. The summed E-state index contributed by atoms with van der Waals surface area (Å²) in [6.07, 6.45) is 1.85. The number of likely N-dealkylation sites (N-methyl/N-ethyl adjacent to an activating group) is 1. The molecule has 1 aromatic rings. The van der Waals surface area contributed by atoms with E-state index in [1.165, 1.54) is 0 Å². The fraction of sp³-hybridized carbons (Fsp3) is 0.643. The van der Waals surface area contributed by atoms with Gasteiger partial charge in [-0.3, -0.25) is 4.79 Å². The number of piperidine rings is 1. The van der Waals surface area contributed by atoms with Gasteiger partial charge in [0.05, 0.1) is 12.6 Å². The highest BCUT2D eigenvalue weighted by Crippen LogP contribution is 2.28. The van der Waals surface area contributed by atoms with Gasteiger partial charge < -0.3 is 19.9 Å². The number of hydrogen-bond donors (Lipinski definition) is 1. The minimum atomic E-state index is -0.497. The summed E-state index contributed by atoms with van der Waals surface area (Å²) in [5, 5.41) is 0. The van der Waals surface area contributed by atoms with Gasteiger partial charge in [-0.05, 0) is 13.3 Å². The monoisotopic (exact) mass is 294 g/mol. The van der Waals surface area contributed by atoms with E-state index in [0.717, 1.165) is 5.82 Å². The van der Waals surface area contributed by atoms with E-state index in [2.05, 4.69) is 4.98 Å². The van der Waals surface area contributed by atoms with Gasteiger partial charge in [-0.1, -0.05) is 6.92 Å². The number of nitrogens with two attached hydrogens (primary N) is 1. The van der Waals surface area contributed by atoms with Crippen LogP contribution >= 0.6 is 0 Å². The van der Waals surface area contributed by atoms with E-state index >= 15 is 0 Å². The molecule has 1 fully saturated rings. The second-order valence-electron chi connectivity index (χ2n) is 5.17. The van der Waals surface area contributed by atoms with Gasteiger partial charge >= 0.3 is 5.97 Å². The third kappa shape index (κ3) is 2.86. The fourth-order valence-corrected chi connectivity index (χ4v) is 2.70. The first-order valence-electron chi connectivity index (χ1n) is 7.27. The molecule has 1 atom stereocenters. The van der Waals surface area contributed by atoms with Crippen molar-refractivity contribution >= 4 is 17.7 Å². The molecule has 1 amide bonds. The standard InChI is InChI=1S/C14H22N4O3/c1-4-10-16-12(14(20)21-5-2)13(15)18(10)9-6-7-11(19)17(3)8-9/h9H,4-8,15H2,1-3H3. The topological polar surface area (TPSA) is 90.4 Å². The maximum atomic E-state index is 11.9. The van der Waals surface area contributed by atoms with Crippen LogP contribution in [0.3, 0.4) is 0 Å². The van der Waals surface area contributed by atoms with E-state index in [0.29, 0.717) is 31.6 Å². The molecule has 0 aromatic carbocycles. The molecule has 1 aliphatic rings. The first kappa shape index (κ1) is 15.3. The molecular weight excluding hydrogens is 272 g/mol. The van der Waals surface area contributed by atoms with E-state index in [1.54, 1.807) is 18.9 Å². The van der Waals surface area contributed by atoms with E-state index in [1.807, 2.05) is 11.5 Å². The van der Waals surface area contributed by atoms with Crippen molar-refractivity contribution in [2.24, 2.45) is 0 Å². The van der Waals surface area contributed by atoms with Crippen LogP contribution in [-0.2, 0) is 16.0 Å². The molecule has 0 radical (unpaired) electrons. The fourth-order valence-electron chi connectivity index (χ4n) is 2.70. The van der Waals surface area contributed by atoms with Crippen molar-refractivity contribution in [3.05, 3.63) is 11.5 Å². The molecular formula is C14H22N4O3. The van der Waals surface area contributed by atoms with Crippen LogP contribution in [0.15, 0.2) is 0 Å². The van der Waals surface area contributed by atoms with Crippen LogP contribution in [0, 0.1) is 0 Å². The van der Waals surface area contributed by atoms with Crippen LogP contribution in [0.25, 0.3) is 0 Å². The molecule has 116 valence electrons. The zero-order valence-electron chi connectivity index (χ0n) is 12.8. The Hall–Kier alpha value is -2.05. The van der Waals surface area contributed by atoms with Gasteiger partial charge in [-0.25, -0.2) is 9.78 Å². The van der Waals surface area contributed by atoms with Gasteiger partial charge in [0.15, 0.2) is 5.69 Å². The molecule has 7 heteroatoms. The number of amides is 1. The lowest BCUT2D eigenvalue weighted by molar-refractivity contribution is -0.132. The van der Waals surface area contributed by atoms with Gasteiger partial charge in [-0.15, -0.1) is 0 Å². The number of aromatic nitrogens is 2. The minimum absolute atomic E-state index is 0.0540. The average Bonchev–Trinajstić information content (AvgIpc) is 2.79. The zero-order chi connectivity index (χ0) is 15.6. The molecule has 1 aromatic heterocycles. The number of likely N-dealkylation sites (tertiary alicyclic amines) is 1. The SMILES string of the molecule is CCOC(=O)c1nc(CC)n(C2CCC(=O)N(C)C2)c1N. The number of carbonyl (C=O) groups excluding carboxylic acids is 2. The second-order valence-corrected chi connectivity index (χ2v) is 5.17. The molecule has 0 bridgehead atoms. The number of hydrogen-bond acceptors (Lipinski definition) is 5. The van der Waals surface area contributed by atoms with Gasteiger partial charge in [0.25, 0.3) is 0 Å². The number of anilines is 1. The lowest BCUT2D eigenvalue weighted by atomic mass is 10.1. The third-order valence-electron chi connectivity index (χ3n) is 3.77. The van der Waals surface area contributed by atoms with Crippen molar-refractivity contribution in [1.82, 2.24) is 14.5 Å². The van der Waals surface area contributed by atoms with Gasteiger partial charge in [-0.2, -0.15) is 0 Å². The number of aryl methyl sites for hydroxylation is 1. The van der Waals surface area contributed by atoms with Crippen molar-refractivity contribution in [2.75, 3.05) is 25.9 Å². The van der Waals surface area contributed by atoms with Crippen LogP contribution in [-0.4, -0.2) is 46.5 Å². The molecule has 0 aliphatic carbocycles. The van der Waals surface area contributed by atoms with Crippen molar-refractivity contribution in [1.29, 1.82) is 0 Å². The summed E-state index contributed by atoms with van der Waals surface area (Å²) in [5.41, 5.74) is 6.29. The average molecular weight is 294 g/mol. The number of carbonyl (C=O) groups is 2. The highest BCUT2D eigenvalue weighted by molar-refractivity contribution is 5.92. The Bertz CT molecular complexity index is 553. The summed E-state index contributed by atoms with van der Waals surface area (Å²) >= 11 is 0. The Kier molecular flexibility index (Phi) is 4.50. The molecule has 1 unspecified atom stereocenters. The number of nitrogen functional groups attached to an aromatic ring is 1. The first-order chi connectivity index (χ1) is 9.99. The van der Waals surface area contributed by atoms with Crippen LogP contribution in [0.2, 0.25) is 0 Å². The molecule has 0 saturated carbocycles. The number of imidazole rings is 1. The quantitative estimate of drug-likeness (QED) is 0.837. The highest BCUT2D eigenvalue weighted by Gasteiger charge is 2.30. The number of esters is 1. The number of ether oxygens (including phenoxy) is 1. The Morgan fingerprint density at radius 1 is 1.48 bits per heavy atom. The lowest BCUT2D eigenvalue weighted by Crippen LogP contribution is -2.38. The summed E-state index contributed by atoms with van der Waals surface area (Å²) in [5.74, 6) is 0.721. The van der Waals surface area contributed by atoms with Crippen LogP contribution < -0.4 is 5.73 Å². The van der Waals surface area contributed by atoms with Gasteiger partial charge in [0.2, 0.25) is 5.91 Å². The molecule has 7 nitrogen and oxygen atoms in total. The maximum absolute atomic E-state index is 11.9. The van der Waals surface area contributed by atoms with Crippen LogP contribution in [0.1, 0.15) is 49.0 Å². The number of rotatable bonds is 4. The lowest BCUT2D eigenvalue weighted by Gasteiger charge is -2.31. The van der Waals surface area contributed by atoms with Crippen LogP contribution in [0.4, 0.5) is 5.82 Å². The molecule has 2 rings (SSSR count). The largest absolute Gasteiger partial charge is 0.461 e. The van der Waals surface area contributed by atoms with E-state index in [4.69, 9.17) is 10.5 Å². The van der Waals surface area contributed by atoms with Gasteiger partial charge in [0.1, 0.15) is 11.6 Å². The Labute approximate surface area is 124 Å². The summed E-state index contributed by atoms with van der Waals surface area (Å²) in [6, 6.07) is 0.0540.